The summed E-state index contributed by atoms with van der Waals surface area (Å²) < 4.78 is 0. The predicted octanol–water partition coefficient (Wildman–Crippen LogP) is 2.41. The molecule has 0 unspecified atom stereocenters. The van der Waals surface area contributed by atoms with Gasteiger partial charge in [0.2, 0.25) is 11.8 Å². The van der Waals surface area contributed by atoms with Crippen LogP contribution in [0.1, 0.15) is 24.1 Å². The lowest BCUT2D eigenvalue weighted by Crippen LogP contribution is -2.50. The molecular formula is C15H20N2O2S2. The van der Waals surface area contributed by atoms with Crippen LogP contribution in [0.5, 0.6) is 0 Å². The van der Waals surface area contributed by atoms with E-state index < -0.39 is 0 Å². The van der Waals surface area contributed by atoms with Crippen molar-refractivity contribution < 1.29 is 9.59 Å². The van der Waals surface area contributed by atoms with Crippen molar-refractivity contribution >= 4 is 34.9 Å². The molecule has 1 aromatic rings. The van der Waals surface area contributed by atoms with E-state index in [-0.39, 0.29) is 23.8 Å². The molecule has 4 nitrogen and oxygen atoms in total. The molecule has 0 bridgehead atoms. The van der Waals surface area contributed by atoms with Crippen molar-refractivity contribution in [2.75, 3.05) is 18.7 Å². The highest BCUT2D eigenvalue weighted by molar-refractivity contribution is 7.99. The third-order valence-electron chi connectivity index (χ3n) is 4.25. The first kappa shape index (κ1) is 14.9. The second kappa shape index (κ2) is 6.40. The van der Waals surface area contributed by atoms with Gasteiger partial charge in [-0.2, -0.15) is 0 Å². The largest absolute Gasteiger partial charge is 0.339 e. The molecule has 1 atom stereocenters. The lowest BCUT2D eigenvalue weighted by atomic mass is 9.84. The van der Waals surface area contributed by atoms with Crippen LogP contribution < -0.4 is 0 Å². The average molecular weight is 324 g/mol. The van der Waals surface area contributed by atoms with E-state index in [0.717, 1.165) is 25.0 Å². The Morgan fingerprint density at radius 3 is 2.86 bits per heavy atom. The maximum absolute atomic E-state index is 12.6. The van der Waals surface area contributed by atoms with Crippen LogP contribution in [0.25, 0.3) is 0 Å². The molecule has 1 aromatic heterocycles. The van der Waals surface area contributed by atoms with Gasteiger partial charge in [-0.1, -0.05) is 12.5 Å². The smallest absolute Gasteiger partial charge is 0.246 e. The van der Waals surface area contributed by atoms with Crippen LogP contribution >= 0.6 is 23.1 Å². The zero-order valence-electron chi connectivity index (χ0n) is 12.2. The minimum Gasteiger partial charge on any atom is -0.339 e. The van der Waals surface area contributed by atoms with E-state index in [1.807, 2.05) is 29.5 Å². The van der Waals surface area contributed by atoms with E-state index in [0.29, 0.717) is 12.4 Å². The number of amides is 2. The third kappa shape index (κ3) is 3.11. The molecule has 0 aromatic carbocycles. The zero-order chi connectivity index (χ0) is 14.8. The molecule has 2 fully saturated rings. The molecule has 2 aliphatic rings. The maximum Gasteiger partial charge on any atom is 0.246 e. The zero-order valence-corrected chi connectivity index (χ0v) is 13.8. The predicted molar refractivity (Wildman–Crippen MR) is 86.1 cm³/mol. The van der Waals surface area contributed by atoms with Crippen LogP contribution in [-0.2, 0) is 16.1 Å². The molecule has 2 heterocycles. The number of thioether (sulfide) groups is 1. The van der Waals surface area contributed by atoms with E-state index in [4.69, 9.17) is 0 Å². The molecule has 1 saturated heterocycles. The number of hydrogen-bond acceptors (Lipinski definition) is 4. The summed E-state index contributed by atoms with van der Waals surface area (Å²) in [7, 11) is 1.83. The van der Waals surface area contributed by atoms with E-state index in [1.54, 1.807) is 28.0 Å². The fourth-order valence-electron chi connectivity index (χ4n) is 2.72. The first-order valence-corrected chi connectivity index (χ1v) is 9.36. The molecule has 0 spiro atoms. The Bertz CT molecular complexity index is 514. The molecular weight excluding hydrogens is 304 g/mol. The summed E-state index contributed by atoms with van der Waals surface area (Å²) in [5.74, 6) is 1.82. The van der Waals surface area contributed by atoms with Gasteiger partial charge in [-0.3, -0.25) is 9.59 Å². The van der Waals surface area contributed by atoms with Crippen LogP contribution in [0.15, 0.2) is 17.5 Å². The Balaban J connectivity index is 1.63. The molecule has 114 valence electrons. The normalized spacial score (nSPS) is 22.1. The molecule has 3 rings (SSSR count). The molecule has 1 saturated carbocycles. The van der Waals surface area contributed by atoms with Gasteiger partial charge in [0.05, 0.1) is 12.4 Å². The summed E-state index contributed by atoms with van der Waals surface area (Å²) in [6.07, 6.45) is 3.13. The summed E-state index contributed by atoms with van der Waals surface area (Å²) >= 11 is 3.34. The SMILES string of the molecule is CN(Cc1cccs1)C(=O)[C@@H]1CSCN1C(=O)C1CCC1. The minimum atomic E-state index is -0.270. The Hall–Kier alpha value is -1.01. The summed E-state index contributed by atoms with van der Waals surface area (Å²) in [5, 5.41) is 2.02. The number of carbonyl (C=O) groups is 2. The Morgan fingerprint density at radius 1 is 1.43 bits per heavy atom. The van der Waals surface area contributed by atoms with Gasteiger partial charge in [-0.25, -0.2) is 0 Å². The van der Waals surface area contributed by atoms with Crippen molar-refractivity contribution in [3.05, 3.63) is 22.4 Å². The van der Waals surface area contributed by atoms with E-state index in [9.17, 15) is 9.59 Å². The monoisotopic (exact) mass is 324 g/mol. The first-order chi connectivity index (χ1) is 10.2. The quantitative estimate of drug-likeness (QED) is 0.854. The second-order valence-electron chi connectivity index (χ2n) is 5.73. The summed E-state index contributed by atoms with van der Waals surface area (Å²) in [6.45, 7) is 0.628. The average Bonchev–Trinajstić information content (AvgIpc) is 3.06. The van der Waals surface area contributed by atoms with Gasteiger partial charge < -0.3 is 9.80 Å². The lowest BCUT2D eigenvalue weighted by Gasteiger charge is -2.33. The highest BCUT2D eigenvalue weighted by Gasteiger charge is 2.40. The molecule has 2 amide bonds. The number of thiophene rings is 1. The Labute approximate surface area is 133 Å². The van der Waals surface area contributed by atoms with Gasteiger partial charge >= 0.3 is 0 Å². The van der Waals surface area contributed by atoms with Gasteiger partial charge in [-0.15, -0.1) is 23.1 Å². The van der Waals surface area contributed by atoms with Crippen LogP contribution in [0.2, 0.25) is 0 Å². The van der Waals surface area contributed by atoms with Crippen LogP contribution in [0, 0.1) is 5.92 Å². The number of carbonyl (C=O) groups excluding carboxylic acids is 2. The van der Waals surface area contributed by atoms with Crippen molar-refractivity contribution in [1.29, 1.82) is 0 Å². The number of hydrogen-bond donors (Lipinski definition) is 0. The topological polar surface area (TPSA) is 40.6 Å². The summed E-state index contributed by atoms with van der Waals surface area (Å²) in [5.41, 5.74) is 0. The lowest BCUT2D eigenvalue weighted by molar-refractivity contribution is -0.146. The van der Waals surface area contributed by atoms with Gasteiger partial charge in [0.15, 0.2) is 0 Å². The number of likely N-dealkylation sites (N-methyl/N-ethyl adjacent to an activating group) is 1. The van der Waals surface area contributed by atoms with Crippen molar-refractivity contribution in [2.45, 2.75) is 31.8 Å². The molecule has 0 N–H and O–H groups in total. The maximum atomic E-state index is 12.6. The third-order valence-corrected chi connectivity index (χ3v) is 6.13. The minimum absolute atomic E-state index is 0.0704. The van der Waals surface area contributed by atoms with Crippen LogP contribution in [0.4, 0.5) is 0 Å². The van der Waals surface area contributed by atoms with Gasteiger partial charge in [-0.05, 0) is 24.3 Å². The van der Waals surface area contributed by atoms with Crippen LogP contribution in [0.3, 0.4) is 0 Å². The van der Waals surface area contributed by atoms with E-state index in [1.165, 1.54) is 4.88 Å². The molecule has 1 aliphatic carbocycles. The Morgan fingerprint density at radius 2 is 2.24 bits per heavy atom. The van der Waals surface area contributed by atoms with Gasteiger partial charge in [0, 0.05) is 23.6 Å². The standard InChI is InChI=1S/C15H20N2O2S2/c1-16(8-12-6-3-7-21-12)15(19)13-9-20-10-17(13)14(18)11-4-2-5-11/h3,6-7,11,13H,2,4-5,8-10H2,1H3/t13-/m0/s1. The molecule has 6 heteroatoms. The van der Waals surface area contributed by atoms with E-state index >= 15 is 0 Å². The first-order valence-electron chi connectivity index (χ1n) is 7.32. The summed E-state index contributed by atoms with van der Waals surface area (Å²) in [4.78, 5) is 29.8. The fraction of sp³-hybridized carbons (Fsp3) is 0.600. The van der Waals surface area contributed by atoms with Gasteiger partial charge in [0.25, 0.3) is 0 Å². The van der Waals surface area contributed by atoms with Crippen molar-refractivity contribution in [3.63, 3.8) is 0 Å². The number of rotatable bonds is 4. The summed E-state index contributed by atoms with van der Waals surface area (Å²) in [6, 6.07) is 3.76. The van der Waals surface area contributed by atoms with Crippen LogP contribution in [-0.4, -0.2) is 46.3 Å². The fourth-order valence-corrected chi connectivity index (χ4v) is 4.64. The van der Waals surface area contributed by atoms with Crippen molar-refractivity contribution in [1.82, 2.24) is 9.80 Å². The highest BCUT2D eigenvalue weighted by Crippen LogP contribution is 2.32. The van der Waals surface area contributed by atoms with Crippen molar-refractivity contribution in [2.24, 2.45) is 5.92 Å². The second-order valence-corrected chi connectivity index (χ2v) is 7.76. The van der Waals surface area contributed by atoms with E-state index in [2.05, 4.69) is 0 Å². The highest BCUT2D eigenvalue weighted by atomic mass is 32.2. The van der Waals surface area contributed by atoms with Crippen molar-refractivity contribution in [3.8, 4) is 0 Å². The molecule has 21 heavy (non-hydrogen) atoms. The Kier molecular flexibility index (Phi) is 4.54. The van der Waals surface area contributed by atoms with Gasteiger partial charge in [0.1, 0.15) is 6.04 Å². The molecule has 0 radical (unpaired) electrons. The molecule has 1 aliphatic heterocycles. The number of nitrogens with zero attached hydrogens (tertiary/aromatic N) is 2.